The van der Waals surface area contributed by atoms with Crippen molar-refractivity contribution in [3.05, 3.63) is 155 Å². The molecule has 0 atom stereocenters. The fourth-order valence-corrected chi connectivity index (χ4v) is 5.00. The number of carboxylic acids is 1. The molecule has 5 aromatic rings. The molecule has 0 radical (unpaired) electrons. The van der Waals surface area contributed by atoms with Crippen LogP contribution in [0.25, 0.3) is 17.2 Å². The van der Waals surface area contributed by atoms with E-state index >= 15 is 0 Å². The molecule has 0 aliphatic carbocycles. The van der Waals surface area contributed by atoms with Crippen LogP contribution in [0, 0.1) is 0 Å². The van der Waals surface area contributed by atoms with Gasteiger partial charge in [0, 0.05) is 44.6 Å². The number of benzene rings is 4. The van der Waals surface area contributed by atoms with Gasteiger partial charge >= 0.3 is 12.1 Å². The minimum absolute atomic E-state index is 0.0421. The Labute approximate surface area is 287 Å². The molecule has 6 rings (SSSR count). The van der Waals surface area contributed by atoms with Crippen molar-refractivity contribution in [2.75, 3.05) is 6.79 Å². The van der Waals surface area contributed by atoms with Crippen molar-refractivity contribution in [2.24, 2.45) is 0 Å². The summed E-state index contributed by atoms with van der Waals surface area (Å²) in [6.45, 7) is 2.80. The molecule has 2 heterocycles. The van der Waals surface area contributed by atoms with Gasteiger partial charge in [-0.1, -0.05) is 91.0 Å². The van der Waals surface area contributed by atoms with Crippen molar-refractivity contribution >= 4 is 18.0 Å². The number of aliphatic carboxylic acids is 1. The third kappa shape index (κ3) is 10.5. The summed E-state index contributed by atoms with van der Waals surface area (Å²) in [5.41, 5.74) is 7.72. The zero-order valence-electron chi connectivity index (χ0n) is 26.8. The van der Waals surface area contributed by atoms with Crippen LogP contribution < -0.4 is 14.8 Å². The quantitative estimate of drug-likeness (QED) is 0.138. The maximum Gasteiger partial charge on any atom is 0.490 e. The number of nitrogens with one attached hydrogen (secondary N) is 1. The Balaban J connectivity index is 0.000000630. The highest BCUT2D eigenvalue weighted by atomic mass is 19.4. The number of fused-ring (bicyclic) bond motifs is 1. The van der Waals surface area contributed by atoms with Crippen LogP contribution in [0.15, 0.2) is 128 Å². The number of amides is 1. The van der Waals surface area contributed by atoms with Crippen molar-refractivity contribution < 1.29 is 37.3 Å². The maximum atomic E-state index is 13.2. The van der Waals surface area contributed by atoms with Gasteiger partial charge in [0.2, 0.25) is 12.7 Å². The van der Waals surface area contributed by atoms with Gasteiger partial charge in [0.05, 0.1) is 0 Å². The maximum absolute atomic E-state index is 13.2. The summed E-state index contributed by atoms with van der Waals surface area (Å²) >= 11 is 0. The van der Waals surface area contributed by atoms with Gasteiger partial charge in [0.1, 0.15) is 0 Å². The van der Waals surface area contributed by atoms with E-state index in [1.54, 1.807) is 18.5 Å². The zero-order valence-corrected chi connectivity index (χ0v) is 26.8. The molecular weight excluding hydrogens is 647 g/mol. The molecule has 0 unspecified atom stereocenters. The number of hydrogen-bond donors (Lipinski definition) is 2. The van der Waals surface area contributed by atoms with Crippen LogP contribution in [-0.2, 0) is 35.8 Å². The predicted octanol–water partition coefficient (Wildman–Crippen LogP) is 7.64. The van der Waals surface area contributed by atoms with Gasteiger partial charge in [0.25, 0.3) is 0 Å². The van der Waals surface area contributed by atoms with Crippen molar-refractivity contribution in [3.63, 3.8) is 0 Å². The summed E-state index contributed by atoms with van der Waals surface area (Å²) in [7, 11) is 0. The first kappa shape index (κ1) is 35.4. The van der Waals surface area contributed by atoms with Crippen LogP contribution in [0.3, 0.4) is 0 Å². The lowest BCUT2D eigenvalue weighted by molar-refractivity contribution is -0.192. The second kappa shape index (κ2) is 16.9. The van der Waals surface area contributed by atoms with Gasteiger partial charge in [-0.05, 0) is 63.2 Å². The molecule has 0 spiro atoms. The summed E-state index contributed by atoms with van der Waals surface area (Å²) in [6, 6.07) is 36.8. The molecule has 1 aliphatic heterocycles. The number of alkyl halides is 3. The van der Waals surface area contributed by atoms with Gasteiger partial charge in [-0.2, -0.15) is 13.2 Å². The van der Waals surface area contributed by atoms with Gasteiger partial charge in [-0.15, -0.1) is 0 Å². The number of pyridine rings is 1. The Hall–Kier alpha value is -5.94. The summed E-state index contributed by atoms with van der Waals surface area (Å²) < 4.78 is 42.6. The fourth-order valence-electron chi connectivity index (χ4n) is 5.00. The summed E-state index contributed by atoms with van der Waals surface area (Å²) in [4.78, 5) is 28.2. The van der Waals surface area contributed by atoms with Crippen molar-refractivity contribution in [1.82, 2.24) is 15.2 Å². The predicted molar refractivity (Wildman–Crippen MR) is 183 cm³/mol. The number of hydrogen-bond acceptors (Lipinski definition) is 6. The summed E-state index contributed by atoms with van der Waals surface area (Å²) in [5.74, 6) is -1.19. The largest absolute Gasteiger partial charge is 0.490 e. The van der Waals surface area contributed by atoms with Crippen LogP contribution in [0.5, 0.6) is 11.5 Å². The lowest BCUT2D eigenvalue weighted by atomic mass is 10.0. The smallest absolute Gasteiger partial charge is 0.475 e. The standard InChI is InChI=1S/C37H33N3O3.C2HF3O2/c41-37(19-13-28-5-2-1-3-6-28)40(26-32-7-4-20-38-24-32)25-30-10-16-34(17-11-30)33-14-8-29(9-15-33)22-39-23-31-12-18-35-36(21-31)43-27-42-35;3-2(4,5)1(6)7/h1-21,24,39H,22-23,25-27H2;(H,6,7)/b19-13+;. The van der Waals surface area contributed by atoms with Crippen LogP contribution in [-0.4, -0.2) is 39.8 Å². The fraction of sp³-hybridized carbons (Fsp3) is 0.154. The molecule has 0 fully saturated rings. The first-order valence-electron chi connectivity index (χ1n) is 15.6. The molecule has 0 saturated heterocycles. The molecule has 2 N–H and O–H groups in total. The number of ether oxygens (including phenoxy) is 2. The highest BCUT2D eigenvalue weighted by Gasteiger charge is 2.38. The number of carbonyl (C=O) groups is 2. The van der Waals surface area contributed by atoms with Gasteiger partial charge in [0.15, 0.2) is 11.5 Å². The first-order chi connectivity index (χ1) is 24.1. The number of nitrogens with zero attached hydrogens (tertiary/aromatic N) is 2. The second-order valence-corrected chi connectivity index (χ2v) is 11.3. The highest BCUT2D eigenvalue weighted by Crippen LogP contribution is 2.32. The molecule has 11 heteroatoms. The first-order valence-corrected chi connectivity index (χ1v) is 15.6. The topological polar surface area (TPSA) is 101 Å². The molecule has 0 saturated carbocycles. The molecule has 256 valence electrons. The van der Waals surface area contributed by atoms with Crippen molar-refractivity contribution in [3.8, 4) is 22.6 Å². The van der Waals surface area contributed by atoms with Crippen LogP contribution in [0.1, 0.15) is 27.8 Å². The Bertz CT molecular complexity index is 1880. The van der Waals surface area contributed by atoms with Gasteiger partial charge in [-0.25, -0.2) is 4.79 Å². The van der Waals surface area contributed by atoms with Crippen LogP contribution in [0.2, 0.25) is 0 Å². The molecule has 50 heavy (non-hydrogen) atoms. The number of aromatic nitrogens is 1. The third-order valence-electron chi connectivity index (χ3n) is 7.58. The lowest BCUT2D eigenvalue weighted by Crippen LogP contribution is -2.28. The molecule has 0 bridgehead atoms. The zero-order chi connectivity index (χ0) is 35.3. The lowest BCUT2D eigenvalue weighted by Gasteiger charge is -2.22. The van der Waals surface area contributed by atoms with E-state index in [1.165, 1.54) is 5.56 Å². The minimum atomic E-state index is -5.08. The van der Waals surface area contributed by atoms with Crippen LogP contribution in [0.4, 0.5) is 13.2 Å². The Morgan fingerprint density at radius 3 is 2.00 bits per heavy atom. The van der Waals surface area contributed by atoms with E-state index in [1.807, 2.05) is 65.6 Å². The van der Waals surface area contributed by atoms with E-state index < -0.39 is 12.1 Å². The summed E-state index contributed by atoms with van der Waals surface area (Å²) in [6.07, 6.45) is 1.97. The Morgan fingerprint density at radius 2 is 1.36 bits per heavy atom. The minimum Gasteiger partial charge on any atom is -0.475 e. The number of carbonyl (C=O) groups excluding carboxylic acids is 1. The molecule has 4 aromatic carbocycles. The molecule has 1 amide bonds. The average molecular weight is 682 g/mol. The summed E-state index contributed by atoms with van der Waals surface area (Å²) in [5, 5.41) is 10.6. The van der Waals surface area contributed by atoms with E-state index in [4.69, 9.17) is 19.4 Å². The van der Waals surface area contributed by atoms with Gasteiger partial charge < -0.3 is 24.8 Å². The van der Waals surface area contributed by atoms with E-state index in [0.29, 0.717) is 19.9 Å². The van der Waals surface area contributed by atoms with Crippen molar-refractivity contribution in [2.45, 2.75) is 32.4 Å². The molecule has 1 aromatic heterocycles. The second-order valence-electron chi connectivity index (χ2n) is 11.3. The number of rotatable bonds is 11. The van der Waals surface area contributed by atoms with E-state index in [-0.39, 0.29) is 5.91 Å². The normalized spacial score (nSPS) is 11.9. The van der Waals surface area contributed by atoms with Crippen LogP contribution >= 0.6 is 0 Å². The average Bonchev–Trinajstić information content (AvgIpc) is 3.60. The third-order valence-corrected chi connectivity index (χ3v) is 7.58. The monoisotopic (exact) mass is 681 g/mol. The van der Waals surface area contributed by atoms with Crippen molar-refractivity contribution in [1.29, 1.82) is 0 Å². The molecule has 8 nitrogen and oxygen atoms in total. The Kier molecular flexibility index (Phi) is 12.0. The van der Waals surface area contributed by atoms with Gasteiger partial charge in [-0.3, -0.25) is 9.78 Å². The van der Waals surface area contributed by atoms with E-state index in [9.17, 15) is 18.0 Å². The van der Waals surface area contributed by atoms with E-state index in [0.717, 1.165) is 58.0 Å². The highest BCUT2D eigenvalue weighted by molar-refractivity contribution is 5.91. The number of carboxylic acid groups (broad SMARTS) is 1. The number of halogens is 3. The Morgan fingerprint density at radius 1 is 0.760 bits per heavy atom. The van der Waals surface area contributed by atoms with E-state index in [2.05, 4.69) is 64.9 Å². The molecule has 1 aliphatic rings. The molecular formula is C39H34F3N3O5. The SMILES string of the molecule is O=C(/C=C/c1ccccc1)N(Cc1ccc(-c2ccc(CNCc3ccc4c(c3)OCO4)cc2)cc1)Cc1cccnc1.O=C(O)C(F)(F)F.